The number of nitrogens with one attached hydrogen (secondary N) is 1. The summed E-state index contributed by atoms with van der Waals surface area (Å²) in [7, 11) is 0. The smallest absolute Gasteiger partial charge is 0.255 e. The molecule has 4 aromatic rings. The fourth-order valence-corrected chi connectivity index (χ4v) is 5.04. The SMILES string of the molecule is O=C(NC1CCC1)c1ccc2ccccc2c1OCc1csc(-c2cccs2)n1. The van der Waals surface area contributed by atoms with E-state index in [2.05, 4.69) is 16.8 Å². The fraction of sp³-hybridized carbons (Fsp3) is 0.217. The van der Waals surface area contributed by atoms with Gasteiger partial charge in [-0.3, -0.25) is 4.79 Å². The molecular weight excluding hydrogens is 400 g/mol. The molecule has 0 spiro atoms. The minimum Gasteiger partial charge on any atom is -0.486 e. The van der Waals surface area contributed by atoms with E-state index in [0.29, 0.717) is 17.9 Å². The number of hydrogen-bond donors (Lipinski definition) is 1. The van der Waals surface area contributed by atoms with Gasteiger partial charge in [-0.25, -0.2) is 4.98 Å². The molecule has 0 bridgehead atoms. The zero-order valence-electron chi connectivity index (χ0n) is 15.8. The van der Waals surface area contributed by atoms with Gasteiger partial charge in [0, 0.05) is 16.8 Å². The summed E-state index contributed by atoms with van der Waals surface area (Å²) in [5.41, 5.74) is 1.46. The number of hydrogen-bond acceptors (Lipinski definition) is 5. The number of thiophene rings is 1. The van der Waals surface area contributed by atoms with Crippen molar-refractivity contribution in [1.29, 1.82) is 0 Å². The van der Waals surface area contributed by atoms with Gasteiger partial charge in [0.1, 0.15) is 17.4 Å². The molecule has 0 atom stereocenters. The average Bonchev–Trinajstić information content (AvgIpc) is 3.40. The maximum atomic E-state index is 12.9. The highest BCUT2D eigenvalue weighted by Gasteiger charge is 2.23. The number of carbonyl (C=O) groups is 1. The number of thiazole rings is 1. The van der Waals surface area contributed by atoms with Gasteiger partial charge in [-0.15, -0.1) is 22.7 Å². The minimum absolute atomic E-state index is 0.0620. The Hall–Kier alpha value is -2.70. The summed E-state index contributed by atoms with van der Waals surface area (Å²) in [6, 6.07) is 16.2. The van der Waals surface area contributed by atoms with Crippen molar-refractivity contribution in [3.05, 3.63) is 70.5 Å². The Morgan fingerprint density at radius 3 is 2.79 bits per heavy atom. The highest BCUT2D eigenvalue weighted by Crippen LogP contribution is 2.32. The largest absolute Gasteiger partial charge is 0.486 e. The summed E-state index contributed by atoms with van der Waals surface area (Å²) >= 11 is 3.30. The average molecular weight is 421 g/mol. The number of fused-ring (bicyclic) bond motifs is 1. The van der Waals surface area contributed by atoms with E-state index in [0.717, 1.165) is 39.2 Å². The van der Waals surface area contributed by atoms with E-state index in [1.807, 2.05) is 47.8 Å². The first-order valence-electron chi connectivity index (χ1n) is 9.71. The first kappa shape index (κ1) is 18.3. The molecular formula is C23H20N2O2S2. The third-order valence-electron chi connectivity index (χ3n) is 5.21. The molecule has 0 radical (unpaired) electrons. The van der Waals surface area contributed by atoms with Crippen molar-refractivity contribution in [2.75, 3.05) is 0 Å². The Morgan fingerprint density at radius 2 is 2.00 bits per heavy atom. The fourth-order valence-electron chi connectivity index (χ4n) is 3.43. The zero-order valence-corrected chi connectivity index (χ0v) is 17.4. The number of amides is 1. The van der Waals surface area contributed by atoms with Crippen LogP contribution in [0.15, 0.2) is 59.3 Å². The van der Waals surface area contributed by atoms with Crippen molar-refractivity contribution < 1.29 is 9.53 Å². The van der Waals surface area contributed by atoms with Crippen LogP contribution in [0.3, 0.4) is 0 Å². The van der Waals surface area contributed by atoms with E-state index in [-0.39, 0.29) is 11.9 Å². The van der Waals surface area contributed by atoms with Crippen LogP contribution in [-0.4, -0.2) is 16.9 Å². The van der Waals surface area contributed by atoms with Gasteiger partial charge in [0.15, 0.2) is 0 Å². The second-order valence-electron chi connectivity index (χ2n) is 7.17. The molecule has 1 aliphatic rings. The normalized spacial score (nSPS) is 13.9. The van der Waals surface area contributed by atoms with Gasteiger partial charge in [-0.2, -0.15) is 0 Å². The van der Waals surface area contributed by atoms with Crippen molar-refractivity contribution in [2.45, 2.75) is 31.9 Å². The first-order valence-corrected chi connectivity index (χ1v) is 11.5. The van der Waals surface area contributed by atoms with E-state index in [9.17, 15) is 4.79 Å². The number of aromatic nitrogens is 1. The first-order chi connectivity index (χ1) is 14.3. The second kappa shape index (κ2) is 7.97. The Labute approximate surface area is 177 Å². The molecule has 146 valence electrons. The lowest BCUT2D eigenvalue weighted by Crippen LogP contribution is -2.39. The van der Waals surface area contributed by atoms with E-state index in [1.165, 1.54) is 6.42 Å². The lowest BCUT2D eigenvalue weighted by molar-refractivity contribution is 0.0912. The van der Waals surface area contributed by atoms with Crippen LogP contribution in [0, 0.1) is 0 Å². The monoisotopic (exact) mass is 420 g/mol. The number of rotatable bonds is 6. The van der Waals surface area contributed by atoms with E-state index in [1.54, 1.807) is 22.7 Å². The van der Waals surface area contributed by atoms with Crippen molar-refractivity contribution in [1.82, 2.24) is 10.3 Å². The summed E-state index contributed by atoms with van der Waals surface area (Å²) in [5, 5.41) is 10.2. The molecule has 1 fully saturated rings. The van der Waals surface area contributed by atoms with Gasteiger partial charge in [0.25, 0.3) is 5.91 Å². The van der Waals surface area contributed by atoms with Gasteiger partial charge < -0.3 is 10.1 Å². The van der Waals surface area contributed by atoms with Crippen LogP contribution in [0.25, 0.3) is 20.7 Å². The summed E-state index contributed by atoms with van der Waals surface area (Å²) in [6.45, 7) is 0.333. The van der Waals surface area contributed by atoms with Crippen molar-refractivity contribution in [3.8, 4) is 15.6 Å². The van der Waals surface area contributed by atoms with Crippen molar-refractivity contribution in [2.24, 2.45) is 0 Å². The summed E-state index contributed by atoms with van der Waals surface area (Å²) < 4.78 is 6.21. The lowest BCUT2D eigenvalue weighted by atomic mass is 9.92. The Balaban J connectivity index is 1.43. The van der Waals surface area contributed by atoms with Gasteiger partial charge in [-0.1, -0.05) is 36.4 Å². The molecule has 1 aliphatic carbocycles. The summed E-state index contributed by atoms with van der Waals surface area (Å²) in [6.07, 6.45) is 3.29. The van der Waals surface area contributed by atoms with Gasteiger partial charge >= 0.3 is 0 Å². The molecule has 6 heteroatoms. The number of nitrogens with zero attached hydrogens (tertiary/aromatic N) is 1. The lowest BCUT2D eigenvalue weighted by Gasteiger charge is -2.26. The summed E-state index contributed by atoms with van der Waals surface area (Å²) in [5.74, 6) is 0.568. The van der Waals surface area contributed by atoms with Crippen molar-refractivity contribution in [3.63, 3.8) is 0 Å². The second-order valence-corrected chi connectivity index (χ2v) is 8.98. The quantitative estimate of drug-likeness (QED) is 0.423. The molecule has 5 rings (SSSR count). The van der Waals surface area contributed by atoms with Crippen LogP contribution in [0.5, 0.6) is 5.75 Å². The molecule has 2 heterocycles. The van der Waals surface area contributed by atoms with Crippen LogP contribution >= 0.6 is 22.7 Å². The molecule has 4 nitrogen and oxygen atoms in total. The third kappa shape index (κ3) is 3.78. The van der Waals surface area contributed by atoms with Gasteiger partial charge in [-0.05, 0) is 42.2 Å². The molecule has 2 aromatic carbocycles. The standard InChI is InChI=1S/C23H20N2O2S2/c26-22(24-16-6-3-7-16)19-11-10-15-5-1-2-8-18(15)21(19)27-13-17-14-29-23(25-17)20-9-4-12-28-20/h1-2,4-5,8-12,14,16H,3,6-7,13H2,(H,24,26). The maximum Gasteiger partial charge on any atom is 0.255 e. The van der Waals surface area contributed by atoms with Crippen LogP contribution in [0.4, 0.5) is 0 Å². The molecule has 0 saturated heterocycles. The molecule has 1 saturated carbocycles. The molecule has 29 heavy (non-hydrogen) atoms. The minimum atomic E-state index is -0.0620. The number of benzene rings is 2. The predicted octanol–water partition coefficient (Wildman–Crippen LogP) is 5.89. The van der Waals surface area contributed by atoms with Crippen molar-refractivity contribution >= 4 is 39.4 Å². The van der Waals surface area contributed by atoms with Crippen LogP contribution in [0.2, 0.25) is 0 Å². The van der Waals surface area contributed by atoms with E-state index < -0.39 is 0 Å². The highest BCUT2D eigenvalue weighted by atomic mass is 32.1. The predicted molar refractivity (Wildman–Crippen MR) is 119 cm³/mol. The molecule has 2 aromatic heterocycles. The molecule has 0 aliphatic heterocycles. The topological polar surface area (TPSA) is 51.2 Å². The van der Waals surface area contributed by atoms with Gasteiger partial charge in [0.2, 0.25) is 0 Å². The zero-order chi connectivity index (χ0) is 19.6. The van der Waals surface area contributed by atoms with E-state index in [4.69, 9.17) is 9.72 Å². The van der Waals surface area contributed by atoms with Crippen LogP contribution < -0.4 is 10.1 Å². The molecule has 0 unspecified atom stereocenters. The van der Waals surface area contributed by atoms with E-state index >= 15 is 0 Å². The van der Waals surface area contributed by atoms with Gasteiger partial charge in [0.05, 0.1) is 16.1 Å². The van der Waals surface area contributed by atoms with Crippen LogP contribution in [-0.2, 0) is 6.61 Å². The number of ether oxygens (including phenoxy) is 1. The third-order valence-corrected chi connectivity index (χ3v) is 7.14. The molecule has 1 amide bonds. The molecule has 1 N–H and O–H groups in total. The Bertz CT molecular complexity index is 1150. The Kier molecular flexibility index (Phi) is 5.04. The Morgan fingerprint density at radius 1 is 1.10 bits per heavy atom. The maximum absolute atomic E-state index is 12.9. The number of carbonyl (C=O) groups excluding carboxylic acids is 1. The highest BCUT2D eigenvalue weighted by molar-refractivity contribution is 7.20. The summed E-state index contributed by atoms with van der Waals surface area (Å²) in [4.78, 5) is 18.7. The van der Waals surface area contributed by atoms with Crippen LogP contribution in [0.1, 0.15) is 35.3 Å².